The molecule has 1 saturated heterocycles. The minimum atomic E-state index is -0.543. The highest BCUT2D eigenvalue weighted by Gasteiger charge is 2.37. The summed E-state index contributed by atoms with van der Waals surface area (Å²) in [5.74, 6) is -0.543. The summed E-state index contributed by atoms with van der Waals surface area (Å²) in [6.07, 6.45) is 1.36. The van der Waals surface area contributed by atoms with Crippen molar-refractivity contribution in [1.29, 1.82) is 0 Å². The summed E-state index contributed by atoms with van der Waals surface area (Å²) in [6, 6.07) is 10.1. The van der Waals surface area contributed by atoms with Gasteiger partial charge in [-0.3, -0.25) is 0 Å². The van der Waals surface area contributed by atoms with Crippen LogP contribution in [0, 0.1) is 0 Å². The van der Waals surface area contributed by atoms with Gasteiger partial charge in [0.1, 0.15) is 6.10 Å². The predicted octanol–water partition coefficient (Wildman–Crippen LogP) is 2.50. The molecule has 0 saturated carbocycles. The van der Waals surface area contributed by atoms with E-state index in [1.54, 1.807) is 0 Å². The van der Waals surface area contributed by atoms with Crippen LogP contribution in [0.4, 0.5) is 0 Å². The van der Waals surface area contributed by atoms with Crippen LogP contribution < -0.4 is 0 Å². The second-order valence-electron chi connectivity index (χ2n) is 5.57. The monoisotopic (exact) mass is 280 g/mol. The molecule has 0 aliphatic carbocycles. The minimum Gasteiger partial charge on any atom is -0.396 e. The molecule has 2 rings (SSSR count). The summed E-state index contributed by atoms with van der Waals surface area (Å²) >= 11 is 0. The molecular formula is C16H24O4. The van der Waals surface area contributed by atoms with E-state index in [0.29, 0.717) is 19.6 Å². The fourth-order valence-corrected chi connectivity index (χ4v) is 2.35. The highest BCUT2D eigenvalue weighted by atomic mass is 16.7. The first-order valence-electron chi connectivity index (χ1n) is 7.19. The van der Waals surface area contributed by atoms with Crippen molar-refractivity contribution in [2.45, 2.75) is 51.3 Å². The van der Waals surface area contributed by atoms with Crippen molar-refractivity contribution in [1.82, 2.24) is 0 Å². The van der Waals surface area contributed by atoms with E-state index in [2.05, 4.69) is 0 Å². The highest BCUT2D eigenvalue weighted by molar-refractivity contribution is 5.13. The molecule has 0 unspecified atom stereocenters. The molecule has 1 aliphatic rings. The third-order valence-electron chi connectivity index (χ3n) is 3.40. The first-order chi connectivity index (χ1) is 9.61. The SMILES string of the molecule is CC1(C)OC[C@H]([C@@H](CCCO)OCc2ccccc2)O1. The Bertz CT molecular complexity index is 391. The van der Waals surface area contributed by atoms with Crippen molar-refractivity contribution in [3.05, 3.63) is 35.9 Å². The number of hydrogen-bond donors (Lipinski definition) is 1. The number of hydrogen-bond acceptors (Lipinski definition) is 4. The first-order valence-corrected chi connectivity index (χ1v) is 7.19. The number of rotatable bonds is 7. The van der Waals surface area contributed by atoms with Gasteiger partial charge in [0.25, 0.3) is 0 Å². The fraction of sp³-hybridized carbons (Fsp3) is 0.625. The van der Waals surface area contributed by atoms with Gasteiger partial charge in [-0.2, -0.15) is 0 Å². The molecule has 0 bridgehead atoms. The summed E-state index contributed by atoms with van der Waals surface area (Å²) in [4.78, 5) is 0. The van der Waals surface area contributed by atoms with E-state index in [0.717, 1.165) is 12.0 Å². The molecule has 1 heterocycles. The van der Waals surface area contributed by atoms with Crippen molar-refractivity contribution in [3.63, 3.8) is 0 Å². The van der Waals surface area contributed by atoms with Crippen LogP contribution in [0.2, 0.25) is 0 Å². The van der Waals surface area contributed by atoms with Crippen molar-refractivity contribution < 1.29 is 19.3 Å². The molecule has 4 heteroatoms. The van der Waals surface area contributed by atoms with E-state index >= 15 is 0 Å². The lowest BCUT2D eigenvalue weighted by Crippen LogP contribution is -2.33. The van der Waals surface area contributed by atoms with Gasteiger partial charge < -0.3 is 19.3 Å². The van der Waals surface area contributed by atoms with E-state index < -0.39 is 5.79 Å². The Hall–Kier alpha value is -0.940. The summed E-state index contributed by atoms with van der Waals surface area (Å²) < 4.78 is 17.5. The first kappa shape index (κ1) is 15.4. The Morgan fingerprint density at radius 1 is 1.35 bits per heavy atom. The lowest BCUT2D eigenvalue weighted by Gasteiger charge is -2.24. The number of aliphatic hydroxyl groups excluding tert-OH is 1. The van der Waals surface area contributed by atoms with Crippen molar-refractivity contribution >= 4 is 0 Å². The average molecular weight is 280 g/mol. The molecule has 112 valence electrons. The highest BCUT2D eigenvalue weighted by Crippen LogP contribution is 2.27. The number of ether oxygens (including phenoxy) is 3. The predicted molar refractivity (Wildman–Crippen MR) is 76.2 cm³/mol. The Balaban J connectivity index is 1.90. The molecular weight excluding hydrogens is 256 g/mol. The summed E-state index contributed by atoms with van der Waals surface area (Å²) in [6.45, 7) is 5.08. The maximum Gasteiger partial charge on any atom is 0.163 e. The molecule has 0 amide bonds. The van der Waals surface area contributed by atoms with Crippen molar-refractivity contribution in [3.8, 4) is 0 Å². The molecule has 4 nitrogen and oxygen atoms in total. The van der Waals surface area contributed by atoms with Crippen LogP contribution in [0.3, 0.4) is 0 Å². The number of benzene rings is 1. The van der Waals surface area contributed by atoms with Gasteiger partial charge in [0, 0.05) is 6.61 Å². The number of aliphatic hydroxyl groups is 1. The van der Waals surface area contributed by atoms with E-state index in [4.69, 9.17) is 19.3 Å². The Morgan fingerprint density at radius 3 is 2.70 bits per heavy atom. The van der Waals surface area contributed by atoms with Crippen molar-refractivity contribution in [2.75, 3.05) is 13.2 Å². The van der Waals surface area contributed by atoms with Gasteiger partial charge in [-0.05, 0) is 32.3 Å². The molecule has 2 atom stereocenters. The molecule has 1 aliphatic heterocycles. The van der Waals surface area contributed by atoms with Gasteiger partial charge in [-0.1, -0.05) is 30.3 Å². The molecule has 1 fully saturated rings. The fourth-order valence-electron chi connectivity index (χ4n) is 2.35. The minimum absolute atomic E-state index is 0.0517. The third kappa shape index (κ3) is 4.56. The molecule has 1 aromatic rings. The van der Waals surface area contributed by atoms with Gasteiger partial charge in [-0.25, -0.2) is 0 Å². The molecule has 0 aromatic heterocycles. The zero-order chi connectivity index (χ0) is 14.4. The maximum absolute atomic E-state index is 9.02. The zero-order valence-corrected chi connectivity index (χ0v) is 12.2. The Kier molecular flexibility index (Phi) is 5.54. The lowest BCUT2D eigenvalue weighted by atomic mass is 10.1. The average Bonchev–Trinajstić information content (AvgIpc) is 2.80. The second-order valence-corrected chi connectivity index (χ2v) is 5.57. The van der Waals surface area contributed by atoms with Gasteiger partial charge >= 0.3 is 0 Å². The molecule has 1 aromatic carbocycles. The smallest absolute Gasteiger partial charge is 0.163 e. The van der Waals surface area contributed by atoms with E-state index in [1.807, 2.05) is 44.2 Å². The normalized spacial score (nSPS) is 22.9. The van der Waals surface area contributed by atoms with Crippen LogP contribution in [-0.2, 0) is 20.8 Å². The Morgan fingerprint density at radius 2 is 2.10 bits per heavy atom. The van der Waals surface area contributed by atoms with Crippen LogP contribution in [-0.4, -0.2) is 36.3 Å². The lowest BCUT2D eigenvalue weighted by molar-refractivity contribution is -0.158. The zero-order valence-electron chi connectivity index (χ0n) is 12.2. The van der Waals surface area contributed by atoms with Crippen LogP contribution >= 0.6 is 0 Å². The largest absolute Gasteiger partial charge is 0.396 e. The van der Waals surface area contributed by atoms with Crippen LogP contribution in [0.25, 0.3) is 0 Å². The van der Waals surface area contributed by atoms with Gasteiger partial charge in [0.2, 0.25) is 0 Å². The van der Waals surface area contributed by atoms with Gasteiger partial charge in [0.05, 0.1) is 19.3 Å². The van der Waals surface area contributed by atoms with E-state index in [-0.39, 0.29) is 18.8 Å². The van der Waals surface area contributed by atoms with Crippen LogP contribution in [0.15, 0.2) is 30.3 Å². The third-order valence-corrected chi connectivity index (χ3v) is 3.40. The summed E-state index contributed by atoms with van der Waals surface area (Å²) in [5, 5.41) is 9.02. The quantitative estimate of drug-likeness (QED) is 0.833. The van der Waals surface area contributed by atoms with E-state index in [9.17, 15) is 0 Å². The van der Waals surface area contributed by atoms with Crippen LogP contribution in [0.1, 0.15) is 32.3 Å². The molecule has 1 N–H and O–H groups in total. The summed E-state index contributed by atoms with van der Waals surface area (Å²) in [7, 11) is 0. The molecule has 20 heavy (non-hydrogen) atoms. The van der Waals surface area contributed by atoms with Crippen LogP contribution in [0.5, 0.6) is 0 Å². The van der Waals surface area contributed by atoms with Gasteiger partial charge in [0.15, 0.2) is 5.79 Å². The summed E-state index contributed by atoms with van der Waals surface area (Å²) in [5.41, 5.74) is 1.14. The maximum atomic E-state index is 9.02. The standard InChI is InChI=1S/C16H24O4/c1-16(2)19-12-15(20-16)14(9-6-10-17)18-11-13-7-4-3-5-8-13/h3-5,7-8,14-15,17H,6,9-12H2,1-2H3/t14-,15-/m1/s1. The topological polar surface area (TPSA) is 47.9 Å². The van der Waals surface area contributed by atoms with E-state index in [1.165, 1.54) is 0 Å². The Labute approximate surface area is 120 Å². The second kappa shape index (κ2) is 7.18. The molecule has 0 spiro atoms. The van der Waals surface area contributed by atoms with Gasteiger partial charge in [-0.15, -0.1) is 0 Å². The van der Waals surface area contributed by atoms with Crippen molar-refractivity contribution in [2.24, 2.45) is 0 Å². The molecule has 0 radical (unpaired) electrons.